The molecule has 68 valence electrons. The number of rotatable bonds is 2. The largest absolute Gasteiger partial charge is 0.411 e. The van der Waals surface area contributed by atoms with E-state index < -0.39 is 0 Å². The second-order valence-corrected chi connectivity index (χ2v) is 2.72. The highest BCUT2D eigenvalue weighted by Gasteiger charge is 1.96. The summed E-state index contributed by atoms with van der Waals surface area (Å²) in [6.07, 6.45) is 0. The maximum Gasteiger partial charge on any atom is 0.0976 e. The topological polar surface area (TPSA) is 45.0 Å². The molecule has 1 aromatic rings. The van der Waals surface area contributed by atoms with Gasteiger partial charge in [0.05, 0.1) is 17.1 Å². The van der Waals surface area contributed by atoms with Crippen molar-refractivity contribution in [1.29, 1.82) is 0 Å². The highest BCUT2D eigenvalue weighted by molar-refractivity contribution is 6.40. The molecule has 1 aromatic carbocycles. The number of hydrogen-bond donors (Lipinski definition) is 1. The number of benzene rings is 1. The van der Waals surface area contributed by atoms with Crippen LogP contribution in [-0.4, -0.2) is 16.6 Å². The van der Waals surface area contributed by atoms with Crippen LogP contribution in [0.4, 0.5) is 5.69 Å². The van der Waals surface area contributed by atoms with Crippen molar-refractivity contribution in [2.75, 3.05) is 0 Å². The lowest BCUT2D eigenvalue weighted by molar-refractivity contribution is 0.320. The highest BCUT2D eigenvalue weighted by Crippen LogP contribution is 2.10. The zero-order valence-corrected chi connectivity index (χ0v) is 7.73. The zero-order valence-electron chi connectivity index (χ0n) is 7.73. The van der Waals surface area contributed by atoms with E-state index in [1.807, 2.05) is 37.3 Å². The van der Waals surface area contributed by atoms with Crippen LogP contribution in [0, 0.1) is 0 Å². The smallest absolute Gasteiger partial charge is 0.0976 e. The van der Waals surface area contributed by atoms with Crippen molar-refractivity contribution < 1.29 is 5.21 Å². The lowest BCUT2D eigenvalue weighted by Crippen LogP contribution is -2.04. The van der Waals surface area contributed by atoms with E-state index in [-0.39, 0.29) is 0 Å². The molecule has 0 atom stereocenters. The molecule has 0 aliphatic rings. The van der Waals surface area contributed by atoms with Crippen LogP contribution in [0.1, 0.15) is 13.8 Å². The van der Waals surface area contributed by atoms with Crippen LogP contribution in [0.25, 0.3) is 0 Å². The summed E-state index contributed by atoms with van der Waals surface area (Å²) in [5.74, 6) is 0. The van der Waals surface area contributed by atoms with Crippen LogP contribution in [-0.2, 0) is 0 Å². The molecule has 0 aromatic heterocycles. The summed E-state index contributed by atoms with van der Waals surface area (Å²) in [6, 6.07) is 9.55. The molecule has 0 bridgehead atoms. The molecule has 0 fully saturated rings. The van der Waals surface area contributed by atoms with Gasteiger partial charge in [0.15, 0.2) is 0 Å². The van der Waals surface area contributed by atoms with E-state index in [1.54, 1.807) is 6.92 Å². The van der Waals surface area contributed by atoms with E-state index in [0.717, 1.165) is 5.69 Å². The fourth-order valence-electron chi connectivity index (χ4n) is 0.849. The van der Waals surface area contributed by atoms with Gasteiger partial charge in [-0.15, -0.1) is 0 Å². The van der Waals surface area contributed by atoms with Gasteiger partial charge in [-0.05, 0) is 26.0 Å². The fraction of sp³-hybridized carbons (Fsp3) is 0.200. The molecule has 3 heteroatoms. The van der Waals surface area contributed by atoms with E-state index in [1.165, 1.54) is 0 Å². The average molecular weight is 176 g/mol. The predicted octanol–water partition coefficient (Wildman–Crippen LogP) is 2.63. The molecule has 0 saturated carbocycles. The molecule has 1 rings (SSSR count). The summed E-state index contributed by atoms with van der Waals surface area (Å²) in [5.41, 5.74) is 2.11. The van der Waals surface area contributed by atoms with E-state index in [9.17, 15) is 0 Å². The minimum absolute atomic E-state index is 0.531. The number of para-hydroxylation sites is 1. The Morgan fingerprint density at radius 1 is 1.08 bits per heavy atom. The molecule has 0 aliphatic heterocycles. The standard InChI is InChI=1S/C10H12N2O/c1-8(9(2)12-13)11-10-6-4-3-5-7-10/h3-7,13H,1-2H3/b11-8?,12-9+. The van der Waals surface area contributed by atoms with Crippen LogP contribution in [0.15, 0.2) is 40.5 Å². The summed E-state index contributed by atoms with van der Waals surface area (Å²) in [5, 5.41) is 11.6. The first-order chi connectivity index (χ1) is 6.24. The number of aliphatic imine (C=N–C) groups is 1. The Morgan fingerprint density at radius 3 is 2.23 bits per heavy atom. The third kappa shape index (κ3) is 2.71. The number of oxime groups is 1. The highest BCUT2D eigenvalue weighted by atomic mass is 16.4. The second-order valence-electron chi connectivity index (χ2n) is 2.72. The van der Waals surface area contributed by atoms with Crippen molar-refractivity contribution in [3.05, 3.63) is 30.3 Å². The molecular weight excluding hydrogens is 164 g/mol. The van der Waals surface area contributed by atoms with Gasteiger partial charge in [-0.3, -0.25) is 4.99 Å². The second kappa shape index (κ2) is 4.40. The van der Waals surface area contributed by atoms with Gasteiger partial charge in [-0.25, -0.2) is 0 Å². The first kappa shape index (κ1) is 9.45. The maximum absolute atomic E-state index is 8.49. The Morgan fingerprint density at radius 2 is 1.69 bits per heavy atom. The van der Waals surface area contributed by atoms with E-state index in [0.29, 0.717) is 11.4 Å². The Kier molecular flexibility index (Phi) is 3.20. The van der Waals surface area contributed by atoms with Gasteiger partial charge in [0.25, 0.3) is 0 Å². The molecule has 0 aliphatic carbocycles. The van der Waals surface area contributed by atoms with Gasteiger partial charge in [-0.2, -0.15) is 0 Å². The lowest BCUT2D eigenvalue weighted by Gasteiger charge is -1.97. The van der Waals surface area contributed by atoms with E-state index >= 15 is 0 Å². The van der Waals surface area contributed by atoms with E-state index in [2.05, 4.69) is 10.1 Å². The van der Waals surface area contributed by atoms with E-state index in [4.69, 9.17) is 5.21 Å². The number of nitrogens with zero attached hydrogens (tertiary/aromatic N) is 2. The zero-order chi connectivity index (χ0) is 9.68. The summed E-state index contributed by atoms with van der Waals surface area (Å²) in [4.78, 5) is 4.26. The van der Waals surface area contributed by atoms with Crippen LogP contribution in [0.2, 0.25) is 0 Å². The quantitative estimate of drug-likeness (QED) is 0.420. The molecule has 0 saturated heterocycles. The fourth-order valence-corrected chi connectivity index (χ4v) is 0.849. The summed E-state index contributed by atoms with van der Waals surface area (Å²) in [7, 11) is 0. The van der Waals surface area contributed by atoms with Crippen LogP contribution >= 0.6 is 0 Å². The Balaban J connectivity index is 2.89. The van der Waals surface area contributed by atoms with Gasteiger partial charge in [0.1, 0.15) is 0 Å². The summed E-state index contributed by atoms with van der Waals surface area (Å²) >= 11 is 0. The normalized spacial score (nSPS) is 13.1. The predicted molar refractivity (Wildman–Crippen MR) is 54.1 cm³/mol. The molecule has 3 nitrogen and oxygen atoms in total. The summed E-state index contributed by atoms with van der Waals surface area (Å²) in [6.45, 7) is 3.52. The van der Waals surface area contributed by atoms with Gasteiger partial charge >= 0.3 is 0 Å². The van der Waals surface area contributed by atoms with Gasteiger partial charge in [0, 0.05) is 0 Å². The van der Waals surface area contributed by atoms with Crippen LogP contribution in [0.3, 0.4) is 0 Å². The lowest BCUT2D eigenvalue weighted by atomic mass is 10.2. The average Bonchev–Trinajstić information content (AvgIpc) is 2.18. The van der Waals surface area contributed by atoms with Crippen molar-refractivity contribution in [2.24, 2.45) is 10.1 Å². The first-order valence-corrected chi connectivity index (χ1v) is 4.03. The third-order valence-electron chi connectivity index (χ3n) is 1.73. The van der Waals surface area contributed by atoms with Crippen molar-refractivity contribution >= 4 is 17.1 Å². The molecule has 0 amide bonds. The summed E-state index contributed by atoms with van der Waals surface area (Å²) < 4.78 is 0. The molecule has 0 spiro atoms. The molecule has 13 heavy (non-hydrogen) atoms. The van der Waals surface area contributed by atoms with Crippen molar-refractivity contribution in [1.82, 2.24) is 0 Å². The van der Waals surface area contributed by atoms with Crippen LogP contribution < -0.4 is 0 Å². The van der Waals surface area contributed by atoms with Crippen LogP contribution in [0.5, 0.6) is 0 Å². The Bertz CT molecular complexity index is 328. The Hall–Kier alpha value is -1.64. The molecule has 0 radical (unpaired) electrons. The van der Waals surface area contributed by atoms with Gasteiger partial charge < -0.3 is 5.21 Å². The van der Waals surface area contributed by atoms with Gasteiger partial charge in [0.2, 0.25) is 0 Å². The van der Waals surface area contributed by atoms with Crippen molar-refractivity contribution in [3.63, 3.8) is 0 Å². The van der Waals surface area contributed by atoms with Crippen molar-refractivity contribution in [2.45, 2.75) is 13.8 Å². The molecule has 0 unspecified atom stereocenters. The SMILES string of the molecule is CC(=Nc1ccccc1)/C(C)=N/O. The molecule has 1 N–H and O–H groups in total. The number of hydrogen-bond acceptors (Lipinski definition) is 3. The molecule has 0 heterocycles. The maximum atomic E-state index is 8.49. The molecular formula is C10H12N2O. The monoisotopic (exact) mass is 176 g/mol. The first-order valence-electron chi connectivity index (χ1n) is 4.03. The minimum Gasteiger partial charge on any atom is -0.411 e. The third-order valence-corrected chi connectivity index (χ3v) is 1.73. The minimum atomic E-state index is 0.531. The van der Waals surface area contributed by atoms with Gasteiger partial charge in [-0.1, -0.05) is 23.4 Å². The Labute approximate surface area is 77.4 Å². The van der Waals surface area contributed by atoms with Crippen molar-refractivity contribution in [3.8, 4) is 0 Å².